The van der Waals surface area contributed by atoms with Gasteiger partial charge in [-0.3, -0.25) is 4.72 Å². The third-order valence-electron chi connectivity index (χ3n) is 3.63. The smallest absolute Gasteiger partial charge is 0.265 e. The van der Waals surface area contributed by atoms with Crippen LogP contribution in [0.2, 0.25) is 0 Å². The van der Waals surface area contributed by atoms with Gasteiger partial charge >= 0.3 is 0 Å². The molecule has 0 saturated carbocycles. The molecule has 3 rings (SSSR count). The molecule has 0 bridgehead atoms. The van der Waals surface area contributed by atoms with Crippen LogP contribution in [0.3, 0.4) is 0 Å². The van der Waals surface area contributed by atoms with Gasteiger partial charge in [-0.15, -0.1) is 0 Å². The maximum atomic E-state index is 12.6. The summed E-state index contributed by atoms with van der Waals surface area (Å²) < 4.78 is 38.2. The normalized spacial score (nSPS) is 16.6. The first-order chi connectivity index (χ1) is 11.4. The summed E-state index contributed by atoms with van der Waals surface area (Å²) >= 11 is 0. The molecular weight excluding hydrogens is 330 g/mol. The zero-order chi connectivity index (χ0) is 17.3. The van der Waals surface area contributed by atoms with Crippen molar-refractivity contribution in [1.29, 1.82) is 0 Å². The third-order valence-corrected chi connectivity index (χ3v) is 5.05. The molecule has 1 unspecified atom stereocenters. The van der Waals surface area contributed by atoms with Crippen molar-refractivity contribution in [3.63, 3.8) is 0 Å². The van der Waals surface area contributed by atoms with E-state index in [0.717, 1.165) is 0 Å². The second kappa shape index (κ2) is 6.18. The lowest BCUT2D eigenvalue weighted by molar-refractivity contribution is 0.0130. The van der Waals surface area contributed by atoms with E-state index in [0.29, 0.717) is 22.6 Å². The number of benzene rings is 2. The molecule has 24 heavy (non-hydrogen) atoms. The highest BCUT2D eigenvalue weighted by Crippen LogP contribution is 2.32. The molecule has 2 aromatic rings. The van der Waals surface area contributed by atoms with Crippen LogP contribution in [0.25, 0.3) is 6.08 Å². The van der Waals surface area contributed by atoms with E-state index < -0.39 is 16.3 Å². The summed E-state index contributed by atoms with van der Waals surface area (Å²) in [6, 6.07) is 11.2. The van der Waals surface area contributed by atoms with Gasteiger partial charge in [0.1, 0.15) is 16.4 Å². The van der Waals surface area contributed by atoms with Crippen molar-refractivity contribution in [2.24, 2.45) is 0 Å². The summed E-state index contributed by atoms with van der Waals surface area (Å²) in [7, 11) is -2.37. The Labute approximate surface area is 140 Å². The van der Waals surface area contributed by atoms with Gasteiger partial charge in [-0.1, -0.05) is 12.1 Å². The number of anilines is 1. The third kappa shape index (κ3) is 3.08. The zero-order valence-electron chi connectivity index (χ0n) is 13.2. The highest BCUT2D eigenvalue weighted by molar-refractivity contribution is 7.92. The molecule has 0 aliphatic carbocycles. The van der Waals surface area contributed by atoms with Crippen LogP contribution in [0, 0.1) is 0 Å². The number of para-hydroxylation sites is 1. The first-order valence-corrected chi connectivity index (χ1v) is 8.72. The Kier molecular flexibility index (Phi) is 4.21. The van der Waals surface area contributed by atoms with Crippen LogP contribution in [-0.2, 0) is 10.0 Å². The Morgan fingerprint density at radius 1 is 1.21 bits per heavy atom. The number of fused-ring (bicyclic) bond motifs is 1. The van der Waals surface area contributed by atoms with Gasteiger partial charge in [-0.05, 0) is 48.9 Å². The predicted molar refractivity (Wildman–Crippen MR) is 90.5 cm³/mol. The van der Waals surface area contributed by atoms with Crippen molar-refractivity contribution < 1.29 is 23.0 Å². The summed E-state index contributed by atoms with van der Waals surface area (Å²) in [6.45, 7) is 1.74. The van der Waals surface area contributed by atoms with Gasteiger partial charge in [0.05, 0.1) is 7.11 Å². The van der Waals surface area contributed by atoms with Crippen molar-refractivity contribution in [2.45, 2.75) is 18.1 Å². The lowest BCUT2D eigenvalue weighted by Gasteiger charge is -2.21. The standard InChI is InChI=1S/C17H17NO5S/c1-11-9-12-10-13(7-8-14(12)23-17(11)19)18-24(20,21)16-6-4-3-5-15(16)22-2/h3-10,17-19H,1-2H3. The van der Waals surface area contributed by atoms with Crippen LogP contribution in [0.4, 0.5) is 5.69 Å². The Hall–Kier alpha value is -2.51. The van der Waals surface area contributed by atoms with E-state index in [1.165, 1.54) is 13.2 Å². The van der Waals surface area contributed by atoms with Crippen molar-refractivity contribution in [3.8, 4) is 11.5 Å². The average Bonchev–Trinajstić information content (AvgIpc) is 2.56. The second-order valence-corrected chi connectivity index (χ2v) is 7.02. The van der Waals surface area contributed by atoms with Gasteiger partial charge in [0, 0.05) is 11.3 Å². The van der Waals surface area contributed by atoms with E-state index in [1.807, 2.05) is 0 Å². The molecule has 7 heteroatoms. The van der Waals surface area contributed by atoms with Crippen LogP contribution in [0.1, 0.15) is 12.5 Å². The monoisotopic (exact) mass is 347 g/mol. The molecule has 1 aliphatic heterocycles. The first-order valence-electron chi connectivity index (χ1n) is 7.23. The number of methoxy groups -OCH3 is 1. The fraction of sp³-hybridized carbons (Fsp3) is 0.176. The van der Waals surface area contributed by atoms with Crippen molar-refractivity contribution in [3.05, 3.63) is 53.6 Å². The molecule has 6 nitrogen and oxygen atoms in total. The molecule has 0 fully saturated rings. The number of nitrogens with one attached hydrogen (secondary N) is 1. The molecule has 2 aromatic carbocycles. The lowest BCUT2D eigenvalue weighted by Crippen LogP contribution is -2.20. The maximum absolute atomic E-state index is 12.6. The second-order valence-electron chi connectivity index (χ2n) is 5.37. The summed E-state index contributed by atoms with van der Waals surface area (Å²) in [5.41, 5.74) is 1.73. The number of aliphatic hydroxyl groups excluding tert-OH is 1. The molecule has 0 radical (unpaired) electrons. The van der Waals surface area contributed by atoms with Crippen LogP contribution in [-0.4, -0.2) is 26.9 Å². The SMILES string of the molecule is COc1ccccc1S(=O)(=O)Nc1ccc2c(c1)C=C(C)C(O)O2. The number of sulfonamides is 1. The van der Waals surface area contributed by atoms with Gasteiger partial charge in [-0.2, -0.15) is 0 Å². The molecular formula is C17H17NO5S. The molecule has 1 heterocycles. The predicted octanol–water partition coefficient (Wildman–Crippen LogP) is 2.61. The number of ether oxygens (including phenoxy) is 2. The highest BCUT2D eigenvalue weighted by Gasteiger charge is 2.21. The number of rotatable bonds is 4. The molecule has 0 amide bonds. The van der Waals surface area contributed by atoms with Gasteiger partial charge in [0.2, 0.25) is 6.29 Å². The molecule has 0 aromatic heterocycles. The average molecular weight is 347 g/mol. The fourth-order valence-electron chi connectivity index (χ4n) is 2.41. The van der Waals surface area contributed by atoms with Gasteiger partial charge in [0.25, 0.3) is 10.0 Å². The van der Waals surface area contributed by atoms with Crippen molar-refractivity contribution in [1.82, 2.24) is 0 Å². The molecule has 1 aliphatic rings. The maximum Gasteiger partial charge on any atom is 0.265 e. The van der Waals surface area contributed by atoms with Crippen LogP contribution in [0.15, 0.2) is 52.9 Å². The highest BCUT2D eigenvalue weighted by atomic mass is 32.2. The Bertz CT molecular complexity index is 905. The minimum Gasteiger partial charge on any atom is -0.495 e. The van der Waals surface area contributed by atoms with Crippen molar-refractivity contribution in [2.75, 3.05) is 11.8 Å². The Morgan fingerprint density at radius 3 is 2.71 bits per heavy atom. The summed E-state index contributed by atoms with van der Waals surface area (Å²) in [4.78, 5) is 0.0589. The zero-order valence-corrected chi connectivity index (χ0v) is 14.0. The van der Waals surface area contributed by atoms with Crippen LogP contribution in [0.5, 0.6) is 11.5 Å². The summed E-state index contributed by atoms with van der Waals surface area (Å²) in [5, 5.41) is 9.67. The van der Waals surface area contributed by atoms with E-state index in [-0.39, 0.29) is 10.6 Å². The fourth-order valence-corrected chi connectivity index (χ4v) is 3.63. The Balaban J connectivity index is 1.94. The number of hydrogen-bond acceptors (Lipinski definition) is 5. The Morgan fingerprint density at radius 2 is 1.96 bits per heavy atom. The first kappa shape index (κ1) is 16.4. The lowest BCUT2D eigenvalue weighted by atomic mass is 10.1. The van der Waals surface area contributed by atoms with E-state index in [4.69, 9.17) is 9.47 Å². The van der Waals surface area contributed by atoms with E-state index in [2.05, 4.69) is 4.72 Å². The summed E-state index contributed by atoms with van der Waals surface area (Å²) in [6.07, 6.45) is 0.776. The van der Waals surface area contributed by atoms with Gasteiger partial charge in [0.15, 0.2) is 0 Å². The molecule has 1 atom stereocenters. The minimum atomic E-state index is -3.79. The number of hydrogen-bond donors (Lipinski definition) is 2. The van der Waals surface area contributed by atoms with Crippen LogP contribution >= 0.6 is 0 Å². The van der Waals surface area contributed by atoms with E-state index >= 15 is 0 Å². The van der Waals surface area contributed by atoms with E-state index in [9.17, 15) is 13.5 Å². The topological polar surface area (TPSA) is 84.9 Å². The molecule has 0 spiro atoms. The molecule has 0 saturated heterocycles. The van der Waals surface area contributed by atoms with Gasteiger partial charge in [-0.25, -0.2) is 8.42 Å². The van der Waals surface area contributed by atoms with Gasteiger partial charge < -0.3 is 14.6 Å². The van der Waals surface area contributed by atoms with Crippen LogP contribution < -0.4 is 14.2 Å². The minimum absolute atomic E-state index is 0.0589. The largest absolute Gasteiger partial charge is 0.495 e. The quantitative estimate of drug-likeness (QED) is 0.888. The molecule has 126 valence electrons. The van der Waals surface area contributed by atoms with Crippen molar-refractivity contribution >= 4 is 21.8 Å². The number of aliphatic hydroxyl groups is 1. The summed E-state index contributed by atoms with van der Waals surface area (Å²) in [5.74, 6) is 0.762. The molecule has 2 N–H and O–H groups in total. The van der Waals surface area contributed by atoms with E-state index in [1.54, 1.807) is 49.4 Å².